The Hall–Kier alpha value is -3.16. The summed E-state index contributed by atoms with van der Waals surface area (Å²) in [5.74, 6) is -1.28. The average molecular weight is 552 g/mol. The number of halogens is 2. The van der Waals surface area contributed by atoms with Gasteiger partial charge >= 0.3 is 11.9 Å². The number of rotatable bonds is 7. The van der Waals surface area contributed by atoms with Crippen LogP contribution in [0.3, 0.4) is 0 Å². The lowest BCUT2D eigenvalue weighted by Gasteiger charge is -2.10. The van der Waals surface area contributed by atoms with Gasteiger partial charge in [0.2, 0.25) is 0 Å². The highest BCUT2D eigenvalue weighted by atomic mass is 79.9. The molecular weight excluding hydrogens is 536 g/mol. The molecule has 2 aromatic carbocycles. The van der Waals surface area contributed by atoms with Gasteiger partial charge in [-0.2, -0.15) is 5.26 Å². The van der Waals surface area contributed by atoms with Gasteiger partial charge in [-0.25, -0.2) is 9.59 Å². The number of nitrogens with zero attached hydrogens (tertiary/aromatic N) is 1. The number of anilines is 1. The summed E-state index contributed by atoms with van der Waals surface area (Å²) < 4.78 is 15.6. The first-order chi connectivity index (χ1) is 14.8. The number of carbonyl (C=O) groups is 3. The molecule has 1 N–H and O–H groups in total. The zero-order valence-electron chi connectivity index (χ0n) is 16.4. The van der Waals surface area contributed by atoms with Crippen LogP contribution in [0.1, 0.15) is 15.9 Å². The van der Waals surface area contributed by atoms with Crippen LogP contribution in [-0.2, 0) is 19.1 Å². The van der Waals surface area contributed by atoms with Crippen molar-refractivity contribution < 1.29 is 28.6 Å². The van der Waals surface area contributed by atoms with E-state index in [-0.39, 0.29) is 12.2 Å². The molecule has 0 saturated heterocycles. The van der Waals surface area contributed by atoms with Crippen LogP contribution in [0.2, 0.25) is 0 Å². The Morgan fingerprint density at radius 3 is 2.19 bits per heavy atom. The summed E-state index contributed by atoms with van der Waals surface area (Å²) in [6.07, 6.45) is 1.40. The summed E-state index contributed by atoms with van der Waals surface area (Å²) in [6.45, 7) is -0.274. The second kappa shape index (κ2) is 11.3. The first kappa shape index (κ1) is 24.1. The maximum Gasteiger partial charge on any atom is 0.343 e. The summed E-state index contributed by atoms with van der Waals surface area (Å²) in [7, 11) is 2.53. The number of nitrogens with one attached hydrogen (secondary N) is 1. The highest BCUT2D eigenvalue weighted by Gasteiger charge is 2.14. The normalized spacial score (nSPS) is 10.6. The van der Waals surface area contributed by atoms with Crippen molar-refractivity contribution in [3.05, 3.63) is 62.0 Å². The molecule has 2 rings (SSSR count). The standard InChI is InChI=1S/C21H16Br2N2O6/c1-29-18(26)11-31-19-16(22)8-12(9-17(19)23)7-14(10-24)20(27)25-15-5-3-13(4-6-15)21(28)30-2/h3-9H,11H2,1-2H3,(H,25,27)/b14-7+. The fraction of sp³-hybridized carbons (Fsp3) is 0.143. The molecule has 0 saturated carbocycles. The average Bonchev–Trinajstić information content (AvgIpc) is 2.76. The zero-order chi connectivity index (χ0) is 23.0. The highest BCUT2D eigenvalue weighted by molar-refractivity contribution is 9.11. The van der Waals surface area contributed by atoms with Gasteiger partial charge in [-0.15, -0.1) is 0 Å². The fourth-order valence-electron chi connectivity index (χ4n) is 2.31. The number of methoxy groups -OCH3 is 2. The first-order valence-electron chi connectivity index (χ1n) is 8.59. The molecule has 0 aliphatic heterocycles. The Morgan fingerprint density at radius 2 is 1.68 bits per heavy atom. The molecule has 2 aromatic rings. The van der Waals surface area contributed by atoms with Gasteiger partial charge in [-0.1, -0.05) is 0 Å². The molecule has 0 atom stereocenters. The Labute approximate surface area is 195 Å². The van der Waals surface area contributed by atoms with Gasteiger partial charge in [-0.3, -0.25) is 4.79 Å². The van der Waals surface area contributed by atoms with Crippen LogP contribution in [0, 0.1) is 11.3 Å². The fourth-order valence-corrected chi connectivity index (χ4v) is 3.76. The van der Waals surface area contributed by atoms with Crippen LogP contribution < -0.4 is 10.1 Å². The maximum atomic E-state index is 12.5. The molecule has 0 bridgehead atoms. The largest absolute Gasteiger partial charge is 0.480 e. The molecule has 31 heavy (non-hydrogen) atoms. The molecule has 0 aromatic heterocycles. The Balaban J connectivity index is 2.18. The zero-order valence-corrected chi connectivity index (χ0v) is 19.6. The van der Waals surface area contributed by atoms with E-state index in [1.807, 2.05) is 6.07 Å². The minimum atomic E-state index is -0.619. The van der Waals surface area contributed by atoms with Gasteiger partial charge in [0.15, 0.2) is 6.61 Å². The van der Waals surface area contributed by atoms with Gasteiger partial charge in [0.1, 0.15) is 17.4 Å². The van der Waals surface area contributed by atoms with Crippen molar-refractivity contribution in [3.8, 4) is 11.8 Å². The van der Waals surface area contributed by atoms with Crippen LogP contribution in [0.5, 0.6) is 5.75 Å². The van der Waals surface area contributed by atoms with E-state index in [0.717, 1.165) is 0 Å². The van der Waals surface area contributed by atoms with Crippen LogP contribution >= 0.6 is 31.9 Å². The quantitative estimate of drug-likeness (QED) is 0.313. The second-order valence-electron chi connectivity index (χ2n) is 5.87. The summed E-state index contributed by atoms with van der Waals surface area (Å²) in [5, 5.41) is 12.0. The number of carbonyl (C=O) groups excluding carboxylic acids is 3. The van der Waals surface area contributed by atoms with Crippen molar-refractivity contribution in [3.63, 3.8) is 0 Å². The van der Waals surface area contributed by atoms with Crippen molar-refractivity contribution in [2.24, 2.45) is 0 Å². The smallest absolute Gasteiger partial charge is 0.343 e. The third kappa shape index (κ3) is 6.67. The predicted molar refractivity (Wildman–Crippen MR) is 119 cm³/mol. The predicted octanol–water partition coefficient (Wildman–Crippen LogP) is 4.10. The summed E-state index contributed by atoms with van der Waals surface area (Å²) >= 11 is 6.68. The molecule has 0 spiro atoms. The van der Waals surface area contributed by atoms with E-state index in [2.05, 4.69) is 46.7 Å². The van der Waals surface area contributed by atoms with Gasteiger partial charge in [0.05, 0.1) is 28.7 Å². The summed E-state index contributed by atoms with van der Waals surface area (Å²) in [4.78, 5) is 35.2. The number of hydrogen-bond donors (Lipinski definition) is 1. The summed E-state index contributed by atoms with van der Waals surface area (Å²) in [5.41, 5.74) is 1.14. The number of amides is 1. The Morgan fingerprint density at radius 1 is 1.06 bits per heavy atom. The van der Waals surface area contributed by atoms with E-state index in [0.29, 0.717) is 31.5 Å². The van der Waals surface area contributed by atoms with Crippen LogP contribution in [0.25, 0.3) is 6.08 Å². The molecule has 0 radical (unpaired) electrons. The Kier molecular flexibility index (Phi) is 8.78. The topological polar surface area (TPSA) is 115 Å². The number of hydrogen-bond acceptors (Lipinski definition) is 7. The Bertz CT molecular complexity index is 1050. The van der Waals surface area contributed by atoms with E-state index in [9.17, 15) is 19.6 Å². The lowest BCUT2D eigenvalue weighted by atomic mass is 10.1. The SMILES string of the molecule is COC(=O)COc1c(Br)cc(/C=C(\C#N)C(=O)Nc2ccc(C(=O)OC)cc2)cc1Br. The lowest BCUT2D eigenvalue weighted by Crippen LogP contribution is -2.14. The number of nitriles is 1. The van der Waals surface area contributed by atoms with Gasteiger partial charge < -0.3 is 19.5 Å². The molecule has 160 valence electrons. The second-order valence-corrected chi connectivity index (χ2v) is 7.58. The van der Waals surface area contributed by atoms with E-state index in [4.69, 9.17) is 4.74 Å². The highest BCUT2D eigenvalue weighted by Crippen LogP contribution is 2.35. The monoisotopic (exact) mass is 550 g/mol. The van der Waals surface area contributed by atoms with E-state index in [1.54, 1.807) is 12.1 Å². The molecule has 0 heterocycles. The third-order valence-electron chi connectivity index (χ3n) is 3.82. The van der Waals surface area contributed by atoms with Crippen molar-refractivity contribution in [2.75, 3.05) is 26.1 Å². The first-order valence-corrected chi connectivity index (χ1v) is 10.2. The van der Waals surface area contributed by atoms with E-state index < -0.39 is 17.8 Å². The molecule has 10 heteroatoms. The molecule has 0 aliphatic rings. The van der Waals surface area contributed by atoms with Crippen molar-refractivity contribution >= 4 is 61.5 Å². The van der Waals surface area contributed by atoms with Crippen LogP contribution in [-0.4, -0.2) is 38.7 Å². The third-order valence-corrected chi connectivity index (χ3v) is 5.00. The molecule has 1 amide bonds. The molecule has 0 unspecified atom stereocenters. The van der Waals surface area contributed by atoms with E-state index >= 15 is 0 Å². The molecule has 0 aliphatic carbocycles. The van der Waals surface area contributed by atoms with Gasteiger partial charge in [-0.05, 0) is 79.9 Å². The van der Waals surface area contributed by atoms with Crippen molar-refractivity contribution in [1.82, 2.24) is 0 Å². The van der Waals surface area contributed by atoms with Crippen LogP contribution in [0.15, 0.2) is 50.9 Å². The minimum Gasteiger partial charge on any atom is -0.480 e. The summed E-state index contributed by atoms with van der Waals surface area (Å²) in [6, 6.07) is 11.2. The van der Waals surface area contributed by atoms with Crippen molar-refractivity contribution in [1.29, 1.82) is 5.26 Å². The number of esters is 2. The van der Waals surface area contributed by atoms with Gasteiger partial charge in [0, 0.05) is 5.69 Å². The molecule has 8 nitrogen and oxygen atoms in total. The van der Waals surface area contributed by atoms with Crippen LogP contribution in [0.4, 0.5) is 5.69 Å². The number of benzene rings is 2. The molecule has 0 fully saturated rings. The minimum absolute atomic E-state index is 0.140. The number of ether oxygens (including phenoxy) is 3. The van der Waals surface area contributed by atoms with E-state index in [1.165, 1.54) is 44.6 Å². The maximum absolute atomic E-state index is 12.5. The lowest BCUT2D eigenvalue weighted by molar-refractivity contribution is -0.142. The van der Waals surface area contributed by atoms with Crippen molar-refractivity contribution in [2.45, 2.75) is 0 Å². The molecular formula is C21H16Br2N2O6. The van der Waals surface area contributed by atoms with Gasteiger partial charge in [0.25, 0.3) is 5.91 Å².